The molecule has 1 atom stereocenters. The number of rotatable bonds is 4. The van der Waals surface area contributed by atoms with Gasteiger partial charge in [-0.05, 0) is 33.4 Å². The lowest BCUT2D eigenvalue weighted by Crippen LogP contribution is -2.39. The maximum atomic E-state index is 11.5. The van der Waals surface area contributed by atoms with Crippen molar-refractivity contribution in [2.45, 2.75) is 32.7 Å². The van der Waals surface area contributed by atoms with Gasteiger partial charge in [0.2, 0.25) is 0 Å². The molecule has 0 saturated carbocycles. The summed E-state index contributed by atoms with van der Waals surface area (Å²) < 4.78 is 4.75. The molecule has 0 spiro atoms. The van der Waals surface area contributed by atoms with Gasteiger partial charge in [-0.2, -0.15) is 0 Å². The van der Waals surface area contributed by atoms with Crippen molar-refractivity contribution in [2.24, 2.45) is 0 Å². The highest BCUT2D eigenvalue weighted by atomic mass is 16.5. The summed E-state index contributed by atoms with van der Waals surface area (Å²) in [5.74, 6) is -0.207. The van der Waals surface area contributed by atoms with Crippen LogP contribution in [0.3, 0.4) is 0 Å². The maximum Gasteiger partial charge on any atom is 0.307 e. The number of carbonyl (C=O) groups excluding carboxylic acids is 1. The molecule has 1 unspecified atom stereocenters. The molecule has 0 saturated heterocycles. The van der Waals surface area contributed by atoms with Crippen molar-refractivity contribution in [2.75, 3.05) is 14.2 Å². The summed E-state index contributed by atoms with van der Waals surface area (Å²) in [6.07, 6.45) is 0.322. The molecule has 1 N–H and O–H groups in total. The van der Waals surface area contributed by atoms with Crippen LogP contribution in [-0.4, -0.2) is 20.1 Å². The largest absolute Gasteiger partial charge is 0.469 e. The lowest BCUT2D eigenvalue weighted by Gasteiger charge is -2.29. The third-order valence-corrected chi connectivity index (χ3v) is 3.14. The molecule has 1 aromatic carbocycles. The molecule has 1 aromatic rings. The minimum Gasteiger partial charge on any atom is -0.469 e. The summed E-state index contributed by atoms with van der Waals surface area (Å²) in [5.41, 5.74) is 3.13. The van der Waals surface area contributed by atoms with Crippen LogP contribution in [0.2, 0.25) is 0 Å². The number of methoxy groups -OCH3 is 1. The van der Waals surface area contributed by atoms with Gasteiger partial charge < -0.3 is 10.1 Å². The molecule has 0 aliphatic heterocycles. The number of hydrogen-bond donors (Lipinski definition) is 1. The number of nitrogens with one attached hydrogen (secondary N) is 1. The van der Waals surface area contributed by atoms with Crippen LogP contribution in [0.25, 0.3) is 0 Å². The van der Waals surface area contributed by atoms with Crippen LogP contribution >= 0.6 is 0 Å². The normalized spacial score (nSPS) is 14.2. The monoisotopic (exact) mass is 235 g/mol. The molecule has 1 rings (SSSR count). The standard InChI is InChI=1S/C14H21NO2/c1-10-6-11(2)8-12(7-10)14(3,15-4)9-13(16)17-5/h6-8,15H,9H2,1-5H3. The topological polar surface area (TPSA) is 38.3 Å². The third kappa shape index (κ3) is 3.30. The second-order valence-electron chi connectivity index (χ2n) is 4.71. The molecule has 0 aliphatic rings. The van der Waals surface area contributed by atoms with E-state index in [0.717, 1.165) is 5.56 Å². The quantitative estimate of drug-likeness (QED) is 0.814. The molecule has 0 radical (unpaired) electrons. The molecular formula is C14H21NO2. The fraction of sp³-hybridized carbons (Fsp3) is 0.500. The van der Waals surface area contributed by atoms with E-state index in [1.54, 1.807) is 0 Å². The molecule has 3 nitrogen and oxygen atoms in total. The van der Waals surface area contributed by atoms with E-state index in [2.05, 4.69) is 37.4 Å². The lowest BCUT2D eigenvalue weighted by molar-refractivity contribution is -0.142. The lowest BCUT2D eigenvalue weighted by atomic mass is 9.87. The van der Waals surface area contributed by atoms with Crippen LogP contribution < -0.4 is 5.32 Å². The van der Waals surface area contributed by atoms with E-state index in [-0.39, 0.29) is 11.5 Å². The first-order chi connectivity index (χ1) is 7.91. The van der Waals surface area contributed by atoms with Gasteiger partial charge in [-0.3, -0.25) is 4.79 Å². The van der Waals surface area contributed by atoms with Gasteiger partial charge in [0.15, 0.2) is 0 Å². The van der Waals surface area contributed by atoms with Crippen LogP contribution in [0.1, 0.15) is 30.0 Å². The minimum absolute atomic E-state index is 0.207. The van der Waals surface area contributed by atoms with Crippen LogP contribution in [-0.2, 0) is 15.1 Å². The van der Waals surface area contributed by atoms with E-state index in [1.165, 1.54) is 18.2 Å². The maximum absolute atomic E-state index is 11.5. The summed E-state index contributed by atoms with van der Waals surface area (Å²) >= 11 is 0. The van der Waals surface area contributed by atoms with Crippen molar-refractivity contribution in [1.82, 2.24) is 5.32 Å². The fourth-order valence-corrected chi connectivity index (χ4v) is 1.99. The smallest absolute Gasteiger partial charge is 0.307 e. The van der Waals surface area contributed by atoms with Gasteiger partial charge in [0.1, 0.15) is 0 Å². The van der Waals surface area contributed by atoms with E-state index in [1.807, 2.05) is 14.0 Å². The number of aryl methyl sites for hydroxylation is 2. The van der Waals surface area contributed by atoms with Crippen molar-refractivity contribution in [3.63, 3.8) is 0 Å². The first-order valence-corrected chi connectivity index (χ1v) is 5.76. The van der Waals surface area contributed by atoms with Gasteiger partial charge in [0.25, 0.3) is 0 Å². The SMILES string of the molecule is CNC(C)(CC(=O)OC)c1cc(C)cc(C)c1. The predicted octanol–water partition coefficient (Wildman–Crippen LogP) is 2.30. The highest BCUT2D eigenvalue weighted by Gasteiger charge is 2.28. The molecular weight excluding hydrogens is 214 g/mol. The summed E-state index contributed by atoms with van der Waals surface area (Å²) in [6, 6.07) is 6.33. The molecule has 0 amide bonds. The summed E-state index contributed by atoms with van der Waals surface area (Å²) in [6.45, 7) is 6.13. The fourth-order valence-electron chi connectivity index (χ4n) is 1.99. The molecule has 0 aromatic heterocycles. The molecule has 17 heavy (non-hydrogen) atoms. The van der Waals surface area contributed by atoms with Crippen molar-refractivity contribution < 1.29 is 9.53 Å². The Kier molecular flexibility index (Phi) is 4.29. The molecule has 94 valence electrons. The number of ether oxygens (including phenoxy) is 1. The third-order valence-electron chi connectivity index (χ3n) is 3.14. The Morgan fingerprint density at radius 2 is 1.82 bits per heavy atom. The van der Waals surface area contributed by atoms with Gasteiger partial charge in [-0.15, -0.1) is 0 Å². The van der Waals surface area contributed by atoms with Crippen molar-refractivity contribution >= 4 is 5.97 Å². The van der Waals surface area contributed by atoms with Gasteiger partial charge in [0, 0.05) is 0 Å². The van der Waals surface area contributed by atoms with Crippen LogP contribution in [0.15, 0.2) is 18.2 Å². The highest BCUT2D eigenvalue weighted by molar-refractivity contribution is 5.71. The average molecular weight is 235 g/mol. The Labute approximate surface area is 103 Å². The van der Waals surface area contributed by atoms with Gasteiger partial charge >= 0.3 is 5.97 Å². The molecule has 0 fully saturated rings. The second-order valence-corrected chi connectivity index (χ2v) is 4.71. The Morgan fingerprint density at radius 1 is 1.29 bits per heavy atom. The van der Waals surface area contributed by atoms with Crippen LogP contribution in [0.5, 0.6) is 0 Å². The zero-order valence-electron chi connectivity index (χ0n) is 11.3. The van der Waals surface area contributed by atoms with Crippen LogP contribution in [0, 0.1) is 13.8 Å². The van der Waals surface area contributed by atoms with E-state index in [9.17, 15) is 4.79 Å². The van der Waals surface area contributed by atoms with E-state index in [4.69, 9.17) is 4.74 Å². The predicted molar refractivity (Wildman–Crippen MR) is 69.0 cm³/mol. The molecule has 0 bridgehead atoms. The summed E-state index contributed by atoms with van der Waals surface area (Å²) in [5, 5.41) is 3.21. The summed E-state index contributed by atoms with van der Waals surface area (Å²) in [4.78, 5) is 11.5. The van der Waals surface area contributed by atoms with Crippen molar-refractivity contribution in [1.29, 1.82) is 0 Å². The molecule has 0 aliphatic carbocycles. The van der Waals surface area contributed by atoms with Crippen LogP contribution in [0.4, 0.5) is 0 Å². The summed E-state index contributed by atoms with van der Waals surface area (Å²) in [7, 11) is 3.28. The number of esters is 1. The van der Waals surface area contributed by atoms with E-state index >= 15 is 0 Å². The van der Waals surface area contributed by atoms with E-state index in [0.29, 0.717) is 6.42 Å². The van der Waals surface area contributed by atoms with Gasteiger partial charge in [0.05, 0.1) is 19.1 Å². The zero-order valence-corrected chi connectivity index (χ0v) is 11.3. The number of benzene rings is 1. The number of carbonyl (C=O) groups is 1. The Bertz CT molecular complexity index is 394. The Hall–Kier alpha value is -1.35. The van der Waals surface area contributed by atoms with Gasteiger partial charge in [-0.25, -0.2) is 0 Å². The minimum atomic E-state index is -0.385. The highest BCUT2D eigenvalue weighted by Crippen LogP contribution is 2.26. The molecule has 3 heteroatoms. The van der Waals surface area contributed by atoms with E-state index < -0.39 is 0 Å². The van der Waals surface area contributed by atoms with Crippen molar-refractivity contribution in [3.05, 3.63) is 34.9 Å². The van der Waals surface area contributed by atoms with Crippen molar-refractivity contribution in [3.8, 4) is 0 Å². The van der Waals surface area contributed by atoms with Gasteiger partial charge in [-0.1, -0.05) is 29.3 Å². The average Bonchev–Trinajstić information content (AvgIpc) is 2.27. The molecule has 0 heterocycles. The second kappa shape index (κ2) is 5.32. The zero-order chi connectivity index (χ0) is 13.1. The number of hydrogen-bond acceptors (Lipinski definition) is 3. The first-order valence-electron chi connectivity index (χ1n) is 5.76. The first kappa shape index (κ1) is 13.7. The Morgan fingerprint density at radius 3 is 2.24 bits per heavy atom. The Balaban J connectivity index is 3.10.